The Kier molecular flexibility index (Phi) is 23.0. The van der Waals surface area contributed by atoms with Crippen LogP contribution in [-0.4, -0.2) is 132 Å². The van der Waals surface area contributed by atoms with Gasteiger partial charge in [0.15, 0.2) is 16.8 Å². The van der Waals surface area contributed by atoms with Crippen LogP contribution >= 0.6 is 0 Å². The van der Waals surface area contributed by atoms with Crippen LogP contribution in [0.15, 0.2) is 35.3 Å². The Balaban J connectivity index is 0. The third-order valence-corrected chi connectivity index (χ3v) is 7.21. The van der Waals surface area contributed by atoms with Crippen LogP contribution in [0.4, 0.5) is 11.6 Å². The number of benzene rings is 1. The van der Waals surface area contributed by atoms with Crippen LogP contribution in [0.2, 0.25) is 0 Å². The van der Waals surface area contributed by atoms with Gasteiger partial charge in [-0.2, -0.15) is 4.98 Å². The van der Waals surface area contributed by atoms with Crippen LogP contribution < -0.4 is 21.9 Å². The van der Waals surface area contributed by atoms with Crippen molar-refractivity contribution < 1.29 is 140 Å². The molecule has 0 fully saturated rings. The van der Waals surface area contributed by atoms with Crippen molar-refractivity contribution in [1.82, 2.24) is 25.3 Å². The van der Waals surface area contributed by atoms with Crippen molar-refractivity contribution >= 4 is 76.5 Å². The number of amides is 1. The van der Waals surface area contributed by atoms with E-state index in [9.17, 15) is 58.2 Å². The number of nitrogen functional groups attached to an aromatic ring is 1. The van der Waals surface area contributed by atoms with E-state index in [1.807, 2.05) is 0 Å². The molecule has 3 rings (SSSR count). The number of anilines is 2. The normalized spacial score (nSPS) is 10.9. The van der Waals surface area contributed by atoms with Crippen molar-refractivity contribution in [3.05, 3.63) is 52.1 Å². The number of aromatic nitrogens is 4. The Labute approximate surface area is 365 Å². The number of hydrogen-bond donors (Lipinski definition) is 12. The summed E-state index contributed by atoms with van der Waals surface area (Å²) in [6, 6.07) is 4.09. The Hall–Kier alpha value is -6.21. The molecule has 2 aromatic heterocycles. The number of aliphatic hydroxyl groups is 1. The fourth-order valence-electron chi connectivity index (χ4n) is 4.55. The molecule has 3 aromatic rings. The molecule has 0 aliphatic rings. The maximum atomic E-state index is 12.7. The number of hydrogen-bond acceptors (Lipinski definition) is 17. The first-order chi connectivity index (χ1) is 26.5. The van der Waals surface area contributed by atoms with Gasteiger partial charge in [-0.05, 0) is 30.7 Å². The first-order valence-corrected chi connectivity index (χ1v) is 15.6. The number of aliphatic carboxylic acids is 7. The van der Waals surface area contributed by atoms with E-state index in [2.05, 4.69) is 30.6 Å². The van der Waals surface area contributed by atoms with Gasteiger partial charge in [-0.3, -0.25) is 38.5 Å². The molecule has 1 amide bonds. The summed E-state index contributed by atoms with van der Waals surface area (Å²) >= 11 is 0. The molecule has 0 spiro atoms. The van der Waals surface area contributed by atoms with E-state index in [0.717, 1.165) is 0 Å². The number of aromatic amines is 1. The number of nitrogens with two attached hydrogens (primary N) is 1. The topological polar surface area (TPSA) is 446 Å². The molecule has 0 radical (unpaired) electrons. The predicted molar refractivity (Wildman–Crippen MR) is 182 cm³/mol. The van der Waals surface area contributed by atoms with Crippen LogP contribution in [0.3, 0.4) is 0 Å². The van der Waals surface area contributed by atoms with Gasteiger partial charge < -0.3 is 62.0 Å². The van der Waals surface area contributed by atoms with E-state index >= 15 is 0 Å². The number of ether oxygens (including phenoxy) is 1. The molecule has 26 nitrogen and oxygen atoms in total. The van der Waals surface area contributed by atoms with Gasteiger partial charge in [0, 0.05) is 68.9 Å². The third-order valence-electron chi connectivity index (χ3n) is 7.21. The number of carbonyl (C=O) groups is 9. The maximum Gasteiger partial charge on any atom is 0.349 e. The molecule has 0 saturated heterocycles. The fourth-order valence-corrected chi connectivity index (χ4v) is 4.55. The fraction of sp³-hybridized carbons (Fsp3) is 0.323. The van der Waals surface area contributed by atoms with Gasteiger partial charge in [0.2, 0.25) is 11.5 Å². The first-order valence-electron chi connectivity index (χ1n) is 15.6. The van der Waals surface area contributed by atoms with Crippen LogP contribution in [0.1, 0.15) is 54.6 Å². The van der Waals surface area contributed by atoms with Gasteiger partial charge in [-0.1, -0.05) is 0 Å². The number of fused-ring (bicyclic) bond motifs is 1. The van der Waals surface area contributed by atoms with Crippen molar-refractivity contribution in [2.24, 2.45) is 0 Å². The first kappa shape index (κ1) is 55.9. The average Bonchev–Trinajstić information content (AvgIpc) is 3.08. The molecular weight excluding hydrogens is 942 g/mol. The van der Waals surface area contributed by atoms with E-state index in [4.69, 9.17) is 41.1 Å². The monoisotopic (exact) mass is 975 g/mol. The van der Waals surface area contributed by atoms with E-state index in [0.29, 0.717) is 11.4 Å². The molecule has 0 bridgehead atoms. The van der Waals surface area contributed by atoms with Crippen LogP contribution in [0, 0.1) is 0 Å². The summed E-state index contributed by atoms with van der Waals surface area (Å²) in [5, 5.41) is 75.8. The van der Waals surface area contributed by atoms with E-state index < -0.39 is 115 Å². The van der Waals surface area contributed by atoms with E-state index in [1.54, 1.807) is 0 Å². The summed E-state index contributed by atoms with van der Waals surface area (Å²) in [4.78, 5) is 127. The molecule has 13 N–H and O–H groups in total. The molecular formula is C31H33Fe3N7O19. The van der Waals surface area contributed by atoms with Crippen molar-refractivity contribution in [1.29, 1.82) is 0 Å². The number of carboxylic acid groups (broad SMARTS) is 7. The predicted octanol–water partition coefficient (Wildman–Crippen LogP) is -2.07. The third kappa shape index (κ3) is 17.3. The Morgan fingerprint density at radius 3 is 1.73 bits per heavy atom. The second-order valence-electron chi connectivity index (χ2n) is 11.7. The SMILES string of the molecule is Nc1nc2ncc(CNc3ccc(C(=O)NC(CCC(=O)OC(CC(=O)O)(CC(=O)O)C(=O)O)C(=O)O)cc3)nc2c(=O)[nH]1.O=C(O)CC(O)(CC(=O)O)C(=O)O.[Fe].[Fe].[Fe]. The Morgan fingerprint density at radius 1 is 0.767 bits per heavy atom. The summed E-state index contributed by atoms with van der Waals surface area (Å²) in [6.07, 6.45) is -4.98. The summed E-state index contributed by atoms with van der Waals surface area (Å²) < 4.78 is 4.69. The van der Waals surface area contributed by atoms with E-state index in [-0.39, 0.29) is 80.4 Å². The summed E-state index contributed by atoms with van der Waals surface area (Å²) in [5.41, 5.74) is 0.292. The van der Waals surface area contributed by atoms with Gasteiger partial charge in [0.25, 0.3) is 11.5 Å². The van der Waals surface area contributed by atoms with Crippen LogP contribution in [-0.2, 0) is 101 Å². The number of nitrogens with zero attached hydrogens (tertiary/aromatic N) is 3. The minimum absolute atomic E-state index is 0. The standard InChI is InChI=1S/C25H25N7O12.C6H8O7.3Fe/c26-24-31-19-18(21(39)32-24)29-13(10-28-19)9-27-12-3-1-11(2-4-12)20(38)30-14(22(40)41)5-6-17(37)44-25(23(42)43,7-15(33)34)8-16(35)36;7-3(8)1-6(13,5(11)12)2-4(9)10;;;/h1-4,10,14,27H,5-9H2,(H,30,38)(H,33,34)(H,35,36)(H,40,41)(H,42,43)(H3,26,28,31,32,39);13H,1-2H2,(H,7,8)(H,9,10)(H,11,12);;;. The zero-order valence-corrected chi connectivity index (χ0v) is 33.3. The number of esters is 1. The van der Waals surface area contributed by atoms with Crippen molar-refractivity contribution in [2.75, 3.05) is 11.1 Å². The number of carbonyl (C=O) groups excluding carboxylic acids is 2. The van der Waals surface area contributed by atoms with Crippen molar-refractivity contribution in [3.8, 4) is 0 Å². The average molecular weight is 975 g/mol. The quantitative estimate of drug-likeness (QED) is 0.0427. The Bertz CT molecular complexity index is 2100. The summed E-state index contributed by atoms with van der Waals surface area (Å²) in [5.74, 6) is -14.4. The van der Waals surface area contributed by atoms with Gasteiger partial charge in [-0.15, -0.1) is 0 Å². The van der Waals surface area contributed by atoms with Gasteiger partial charge in [0.05, 0.1) is 44.1 Å². The minimum Gasteiger partial charge on any atom is -0.481 e. The summed E-state index contributed by atoms with van der Waals surface area (Å²) in [7, 11) is 0. The molecule has 1 aromatic carbocycles. The molecule has 2 heterocycles. The minimum atomic E-state index is -2.92. The maximum absolute atomic E-state index is 12.7. The number of nitrogens with one attached hydrogen (secondary N) is 3. The Morgan fingerprint density at radius 2 is 1.28 bits per heavy atom. The van der Waals surface area contributed by atoms with E-state index in [1.165, 1.54) is 30.5 Å². The molecule has 1 atom stereocenters. The number of H-pyrrole nitrogens is 1. The zero-order valence-electron chi connectivity index (χ0n) is 30.0. The van der Waals surface area contributed by atoms with Gasteiger partial charge >= 0.3 is 47.8 Å². The molecule has 1 unspecified atom stereocenters. The van der Waals surface area contributed by atoms with Gasteiger partial charge in [0.1, 0.15) is 6.04 Å². The molecule has 60 heavy (non-hydrogen) atoms. The summed E-state index contributed by atoms with van der Waals surface area (Å²) in [6.45, 7) is 0.136. The molecule has 0 saturated carbocycles. The van der Waals surface area contributed by atoms with Crippen LogP contribution in [0.5, 0.6) is 0 Å². The molecule has 0 aliphatic heterocycles. The largest absolute Gasteiger partial charge is 0.481 e. The van der Waals surface area contributed by atoms with Gasteiger partial charge in [-0.25, -0.2) is 24.4 Å². The molecule has 330 valence electrons. The molecule has 0 aliphatic carbocycles. The number of carboxylic acids is 7. The van der Waals surface area contributed by atoms with Crippen molar-refractivity contribution in [3.63, 3.8) is 0 Å². The van der Waals surface area contributed by atoms with Crippen LogP contribution in [0.25, 0.3) is 11.2 Å². The molecule has 29 heteroatoms. The number of rotatable bonds is 20. The second-order valence-corrected chi connectivity index (χ2v) is 11.7. The van der Waals surface area contributed by atoms with Crippen molar-refractivity contribution in [2.45, 2.75) is 62.3 Å². The zero-order chi connectivity index (χ0) is 43.2. The smallest absolute Gasteiger partial charge is 0.349 e. The second kappa shape index (κ2) is 24.6.